The van der Waals surface area contributed by atoms with Crippen molar-refractivity contribution in [3.63, 3.8) is 0 Å². The molecule has 4 rings (SSSR count). The highest BCUT2D eigenvalue weighted by atomic mass is 16.5. The van der Waals surface area contributed by atoms with Crippen LogP contribution in [0.1, 0.15) is 66.8 Å². The number of ether oxygens (including phenoxy) is 1. The maximum atomic E-state index is 13.8. The Kier molecular flexibility index (Phi) is 8.42. The number of aromatic nitrogens is 2. The predicted molar refractivity (Wildman–Crippen MR) is 146 cm³/mol. The summed E-state index contributed by atoms with van der Waals surface area (Å²) in [6, 6.07) is 19.2. The summed E-state index contributed by atoms with van der Waals surface area (Å²) in [6.45, 7) is 8.00. The Balaban J connectivity index is 1.79. The van der Waals surface area contributed by atoms with Crippen molar-refractivity contribution in [3.8, 4) is 0 Å². The number of fused-ring (bicyclic) bond motifs is 1. The van der Waals surface area contributed by atoms with Crippen molar-refractivity contribution < 1.29 is 14.3 Å². The maximum absolute atomic E-state index is 13.8. The molecule has 8 heteroatoms. The summed E-state index contributed by atoms with van der Waals surface area (Å²) in [5.41, 5.74) is 8.28. The van der Waals surface area contributed by atoms with E-state index in [1.54, 1.807) is 9.58 Å². The third-order valence-corrected chi connectivity index (χ3v) is 7.19. The zero-order valence-corrected chi connectivity index (χ0v) is 22.4. The Morgan fingerprint density at radius 1 is 1.00 bits per heavy atom. The first-order valence-electron chi connectivity index (χ1n) is 13.1. The first kappa shape index (κ1) is 27.3. The number of hydrogen-bond donors (Lipinski definition) is 1. The molecule has 0 radical (unpaired) electrons. The van der Waals surface area contributed by atoms with Gasteiger partial charge in [-0.15, -0.1) is 0 Å². The van der Waals surface area contributed by atoms with Gasteiger partial charge in [-0.2, -0.15) is 5.10 Å². The van der Waals surface area contributed by atoms with Gasteiger partial charge in [0.05, 0.1) is 18.8 Å². The molecule has 0 bridgehead atoms. The lowest BCUT2D eigenvalue weighted by atomic mass is 9.83. The highest BCUT2D eigenvalue weighted by Crippen LogP contribution is 2.39. The van der Waals surface area contributed by atoms with Crippen LogP contribution in [0.3, 0.4) is 0 Å². The summed E-state index contributed by atoms with van der Waals surface area (Å²) in [5.74, 6) is -0.961. The van der Waals surface area contributed by atoms with Crippen LogP contribution in [0.2, 0.25) is 0 Å². The van der Waals surface area contributed by atoms with Crippen molar-refractivity contribution in [2.75, 3.05) is 13.2 Å². The normalized spacial score (nSPS) is 16.2. The lowest BCUT2D eigenvalue weighted by molar-refractivity contribution is -0.146. The van der Waals surface area contributed by atoms with E-state index < -0.39 is 12.0 Å². The van der Waals surface area contributed by atoms with E-state index in [-0.39, 0.29) is 54.0 Å². The first-order valence-corrected chi connectivity index (χ1v) is 13.1. The van der Waals surface area contributed by atoms with Crippen molar-refractivity contribution in [1.29, 1.82) is 0 Å². The number of rotatable bonds is 9. The molecular formula is C30H36N4O4. The van der Waals surface area contributed by atoms with E-state index in [9.17, 15) is 14.4 Å². The van der Waals surface area contributed by atoms with Crippen molar-refractivity contribution >= 4 is 11.9 Å². The van der Waals surface area contributed by atoms with Crippen LogP contribution >= 0.6 is 0 Å². The summed E-state index contributed by atoms with van der Waals surface area (Å²) in [6.07, 6.45) is 1.36. The first-order chi connectivity index (χ1) is 18.2. The average Bonchev–Trinajstić information content (AvgIpc) is 2.91. The highest BCUT2D eigenvalue weighted by Gasteiger charge is 2.40. The van der Waals surface area contributed by atoms with Crippen LogP contribution in [0.25, 0.3) is 0 Å². The topological polar surface area (TPSA) is 108 Å². The van der Waals surface area contributed by atoms with E-state index in [1.165, 1.54) is 6.20 Å². The van der Waals surface area contributed by atoms with Gasteiger partial charge >= 0.3 is 5.97 Å². The SMILES string of the molecule is CC(C)C(N)C(=O)OCCc1c2n(ncc1=O)C(C(c1ccccc1)c1ccccc1)CN(C(C)C)C2=O. The number of amides is 1. The van der Waals surface area contributed by atoms with Crippen LogP contribution in [0.4, 0.5) is 0 Å². The summed E-state index contributed by atoms with van der Waals surface area (Å²) < 4.78 is 7.09. The van der Waals surface area contributed by atoms with Gasteiger partial charge in [0.15, 0.2) is 0 Å². The van der Waals surface area contributed by atoms with Crippen LogP contribution in [0.15, 0.2) is 71.7 Å². The third-order valence-electron chi connectivity index (χ3n) is 7.19. The molecule has 200 valence electrons. The zero-order valence-electron chi connectivity index (χ0n) is 22.4. The molecule has 0 spiro atoms. The van der Waals surface area contributed by atoms with E-state index in [1.807, 2.05) is 64.1 Å². The molecule has 1 aliphatic heterocycles. The number of carbonyl (C=O) groups excluding carboxylic acids is 2. The molecule has 1 amide bonds. The van der Waals surface area contributed by atoms with Gasteiger partial charge in [-0.3, -0.25) is 19.1 Å². The van der Waals surface area contributed by atoms with Gasteiger partial charge in [-0.05, 0) is 30.9 Å². The van der Waals surface area contributed by atoms with Gasteiger partial charge in [0.1, 0.15) is 11.7 Å². The minimum absolute atomic E-state index is 0.0497. The van der Waals surface area contributed by atoms with Crippen molar-refractivity contribution in [2.45, 2.75) is 58.2 Å². The van der Waals surface area contributed by atoms with Gasteiger partial charge < -0.3 is 15.4 Å². The monoisotopic (exact) mass is 516 g/mol. The Morgan fingerprint density at radius 3 is 2.11 bits per heavy atom. The van der Waals surface area contributed by atoms with Gasteiger partial charge in [-0.25, -0.2) is 0 Å². The molecule has 38 heavy (non-hydrogen) atoms. The standard InChI is InChI=1S/C30H36N4O4/c1-19(2)27(31)30(37)38-16-15-23-25(35)17-32-34-24(18-33(20(3)4)29(36)28(23)34)26(21-11-7-5-8-12-21)22-13-9-6-10-14-22/h5-14,17,19-20,24,26-27H,15-16,18,31H2,1-4H3. The van der Waals surface area contributed by atoms with Crippen molar-refractivity contribution in [1.82, 2.24) is 14.7 Å². The molecule has 3 aromatic rings. The van der Waals surface area contributed by atoms with Crippen LogP contribution in [0, 0.1) is 5.92 Å². The lowest BCUT2D eigenvalue weighted by Gasteiger charge is -2.41. The van der Waals surface area contributed by atoms with E-state index >= 15 is 0 Å². The Bertz CT molecular complexity index is 1280. The van der Waals surface area contributed by atoms with Crippen LogP contribution < -0.4 is 11.2 Å². The Hall–Kier alpha value is -3.78. The quantitative estimate of drug-likeness (QED) is 0.436. The second-order valence-electron chi connectivity index (χ2n) is 10.4. The van der Waals surface area contributed by atoms with E-state index in [2.05, 4.69) is 29.4 Å². The number of hydrogen-bond acceptors (Lipinski definition) is 6. The molecule has 0 fully saturated rings. The molecule has 2 aromatic carbocycles. The Labute approximate surface area is 223 Å². The maximum Gasteiger partial charge on any atom is 0.323 e. The fourth-order valence-electron chi connectivity index (χ4n) is 4.99. The second-order valence-corrected chi connectivity index (χ2v) is 10.4. The number of nitrogens with two attached hydrogens (primary N) is 1. The minimum atomic E-state index is -0.748. The zero-order chi connectivity index (χ0) is 27.4. The molecule has 0 saturated heterocycles. The number of esters is 1. The molecule has 8 nitrogen and oxygen atoms in total. The molecule has 2 unspecified atom stereocenters. The minimum Gasteiger partial charge on any atom is -0.464 e. The fraction of sp³-hybridized carbons (Fsp3) is 0.400. The van der Waals surface area contributed by atoms with Crippen LogP contribution in [0.5, 0.6) is 0 Å². The fourth-order valence-corrected chi connectivity index (χ4v) is 4.99. The number of benzene rings is 2. The predicted octanol–water partition coefficient (Wildman–Crippen LogP) is 3.55. The molecule has 1 aliphatic rings. The highest BCUT2D eigenvalue weighted by molar-refractivity contribution is 5.95. The van der Waals surface area contributed by atoms with Gasteiger partial charge in [0.25, 0.3) is 5.91 Å². The van der Waals surface area contributed by atoms with E-state index in [4.69, 9.17) is 10.5 Å². The van der Waals surface area contributed by atoms with Crippen molar-refractivity contribution in [2.24, 2.45) is 11.7 Å². The molecule has 0 saturated carbocycles. The van der Waals surface area contributed by atoms with Crippen molar-refractivity contribution in [3.05, 3.63) is 99.5 Å². The number of nitrogens with zero attached hydrogens (tertiary/aromatic N) is 3. The van der Waals surface area contributed by atoms with Gasteiger partial charge in [-0.1, -0.05) is 74.5 Å². The Morgan fingerprint density at radius 2 is 1.58 bits per heavy atom. The molecule has 2 N–H and O–H groups in total. The van der Waals surface area contributed by atoms with Crippen LogP contribution in [-0.4, -0.2) is 51.8 Å². The average molecular weight is 517 g/mol. The van der Waals surface area contributed by atoms with Gasteiger partial charge in [0.2, 0.25) is 5.43 Å². The molecule has 2 atom stereocenters. The summed E-state index contributed by atoms with van der Waals surface area (Å²) >= 11 is 0. The molecule has 0 aliphatic carbocycles. The smallest absolute Gasteiger partial charge is 0.323 e. The molecule has 2 heterocycles. The second kappa shape index (κ2) is 11.7. The molecule has 1 aromatic heterocycles. The van der Waals surface area contributed by atoms with Gasteiger partial charge in [0, 0.05) is 30.5 Å². The largest absolute Gasteiger partial charge is 0.464 e. The summed E-state index contributed by atoms with van der Waals surface area (Å²) in [5, 5.41) is 4.50. The lowest BCUT2D eigenvalue weighted by Crippen LogP contribution is -2.50. The van der Waals surface area contributed by atoms with E-state index in [0.29, 0.717) is 12.1 Å². The number of carbonyl (C=O) groups is 2. The molecular weight excluding hydrogens is 480 g/mol. The third kappa shape index (κ3) is 5.55. The summed E-state index contributed by atoms with van der Waals surface area (Å²) in [4.78, 5) is 40.9. The summed E-state index contributed by atoms with van der Waals surface area (Å²) in [7, 11) is 0. The van der Waals surface area contributed by atoms with E-state index in [0.717, 1.165) is 11.1 Å². The van der Waals surface area contributed by atoms with Crippen LogP contribution in [-0.2, 0) is 16.0 Å².